The van der Waals surface area contributed by atoms with Crippen LogP contribution in [0.25, 0.3) is 10.4 Å². The van der Waals surface area contributed by atoms with Gasteiger partial charge < -0.3 is 14.9 Å². The summed E-state index contributed by atoms with van der Waals surface area (Å²) >= 11 is 0. The molecular weight excluding hydrogens is 481 g/mol. The molecule has 1 fully saturated rings. The molecule has 0 aliphatic carbocycles. The number of hydrogen-bond acceptors (Lipinski definition) is 7. The standard InChI is InChI=1S/C20H26N7O7P/c1-12-10-27(20(30)23-18(12)28)17-9-14(24-26-21)16(34-17)11-33-35(31,32)25-15(19(29)22-2)8-13-6-4-3-5-7-13/h3-7,10,14-17H,8-9,11H2,1-2H3,(H,22,29)(H,23,28,30)(H2,25,31,32)/t14-,15+,16+,17+/m0/s1. The van der Waals surface area contributed by atoms with Gasteiger partial charge in [-0.1, -0.05) is 35.4 Å². The highest BCUT2D eigenvalue weighted by Gasteiger charge is 2.38. The lowest BCUT2D eigenvalue weighted by Gasteiger charge is -2.23. The predicted octanol–water partition coefficient (Wildman–Crippen LogP) is 0.875. The van der Waals surface area contributed by atoms with Gasteiger partial charge in [0.15, 0.2) is 0 Å². The molecule has 1 unspecified atom stereocenters. The molecule has 0 radical (unpaired) electrons. The molecule has 1 aromatic heterocycles. The van der Waals surface area contributed by atoms with E-state index in [4.69, 9.17) is 14.8 Å². The SMILES string of the molecule is CNC(=O)[C@@H](Cc1ccccc1)NP(=O)(O)OC[C@H]1O[C@@H](n2cc(C)c(=O)[nH]c2=O)C[C@@H]1N=[N+]=[N-]. The van der Waals surface area contributed by atoms with Crippen molar-refractivity contribution in [1.82, 2.24) is 20.0 Å². The molecular formula is C20H26N7O7P. The van der Waals surface area contributed by atoms with E-state index >= 15 is 0 Å². The number of benzene rings is 1. The summed E-state index contributed by atoms with van der Waals surface area (Å²) in [5.74, 6) is -0.510. The van der Waals surface area contributed by atoms with Gasteiger partial charge in [0.05, 0.1) is 18.8 Å². The number of hydrogen-bond donors (Lipinski definition) is 4. The summed E-state index contributed by atoms with van der Waals surface area (Å²) in [5.41, 5.74) is 8.69. The molecule has 0 bridgehead atoms. The van der Waals surface area contributed by atoms with Crippen molar-refractivity contribution in [3.63, 3.8) is 0 Å². The Morgan fingerprint density at radius 2 is 2.14 bits per heavy atom. The van der Waals surface area contributed by atoms with Crippen LogP contribution < -0.4 is 21.7 Å². The normalized spacial score (nSPS) is 22.1. The molecule has 4 N–H and O–H groups in total. The van der Waals surface area contributed by atoms with Crippen LogP contribution in [0.1, 0.15) is 23.8 Å². The van der Waals surface area contributed by atoms with Crippen LogP contribution in [0.2, 0.25) is 0 Å². The third-order valence-corrected chi connectivity index (χ3v) is 6.58. The van der Waals surface area contributed by atoms with E-state index in [-0.39, 0.29) is 18.4 Å². The van der Waals surface area contributed by atoms with Gasteiger partial charge in [-0.25, -0.2) is 14.4 Å². The van der Waals surface area contributed by atoms with Crippen molar-refractivity contribution in [2.75, 3.05) is 13.7 Å². The number of rotatable bonds is 10. The zero-order chi connectivity index (χ0) is 25.6. The number of nitrogens with one attached hydrogen (secondary N) is 3. The van der Waals surface area contributed by atoms with Crippen LogP contribution in [0.4, 0.5) is 0 Å². The number of aromatic nitrogens is 2. The average Bonchev–Trinajstić information content (AvgIpc) is 3.22. The van der Waals surface area contributed by atoms with E-state index in [0.717, 1.165) is 10.1 Å². The lowest BCUT2D eigenvalue weighted by molar-refractivity contribution is -0.122. The first-order valence-corrected chi connectivity index (χ1v) is 12.2. The molecule has 35 heavy (non-hydrogen) atoms. The second kappa shape index (κ2) is 11.5. The van der Waals surface area contributed by atoms with Crippen LogP contribution in [0.3, 0.4) is 0 Å². The fourth-order valence-electron chi connectivity index (χ4n) is 3.65. The minimum atomic E-state index is -4.51. The Kier molecular flexibility index (Phi) is 8.62. The van der Waals surface area contributed by atoms with Gasteiger partial charge in [0.1, 0.15) is 12.3 Å². The second-order valence-electron chi connectivity index (χ2n) is 7.92. The number of likely N-dealkylation sites (N-methyl/N-ethyl adjacent to an activating group) is 1. The monoisotopic (exact) mass is 507 g/mol. The molecule has 15 heteroatoms. The average molecular weight is 507 g/mol. The number of carbonyl (C=O) groups excluding carboxylic acids is 1. The van der Waals surface area contributed by atoms with Crippen LogP contribution in [0, 0.1) is 6.92 Å². The maximum atomic E-state index is 12.7. The number of ether oxygens (including phenoxy) is 1. The lowest BCUT2D eigenvalue weighted by atomic mass is 10.1. The largest absolute Gasteiger partial charge is 0.403 e. The van der Waals surface area contributed by atoms with Crippen molar-refractivity contribution < 1.29 is 23.5 Å². The number of aromatic amines is 1. The summed E-state index contributed by atoms with van der Waals surface area (Å²) in [6, 6.07) is 7.04. The van der Waals surface area contributed by atoms with Crippen LogP contribution >= 0.6 is 7.75 Å². The quantitative estimate of drug-likeness (QED) is 0.157. The minimum Gasteiger partial charge on any atom is -0.358 e. The molecule has 14 nitrogen and oxygen atoms in total. The number of amides is 1. The first kappa shape index (κ1) is 26.4. The van der Waals surface area contributed by atoms with E-state index in [2.05, 4.69) is 25.4 Å². The van der Waals surface area contributed by atoms with Gasteiger partial charge in [-0.3, -0.25) is 23.7 Å². The second-order valence-corrected chi connectivity index (χ2v) is 9.47. The number of aryl methyl sites for hydroxylation is 1. The Labute approximate surface area is 199 Å². The molecule has 0 saturated carbocycles. The van der Waals surface area contributed by atoms with Gasteiger partial charge in [-0.05, 0) is 24.4 Å². The smallest absolute Gasteiger partial charge is 0.358 e. The van der Waals surface area contributed by atoms with E-state index in [0.29, 0.717) is 0 Å². The molecule has 2 aromatic rings. The maximum absolute atomic E-state index is 12.7. The van der Waals surface area contributed by atoms with E-state index in [1.54, 1.807) is 24.3 Å². The highest BCUT2D eigenvalue weighted by atomic mass is 31.2. The highest BCUT2D eigenvalue weighted by molar-refractivity contribution is 7.50. The summed E-state index contributed by atoms with van der Waals surface area (Å²) in [4.78, 5) is 51.4. The fraction of sp³-hybridized carbons (Fsp3) is 0.450. The van der Waals surface area contributed by atoms with Crippen molar-refractivity contribution >= 4 is 13.7 Å². The summed E-state index contributed by atoms with van der Waals surface area (Å²) in [7, 11) is -3.10. The Balaban J connectivity index is 1.70. The summed E-state index contributed by atoms with van der Waals surface area (Å²) in [5, 5.41) is 8.43. The molecule has 3 rings (SSSR count). The lowest BCUT2D eigenvalue weighted by Crippen LogP contribution is -2.43. The van der Waals surface area contributed by atoms with E-state index < -0.39 is 55.9 Å². The van der Waals surface area contributed by atoms with Gasteiger partial charge in [-0.15, -0.1) is 0 Å². The van der Waals surface area contributed by atoms with Crippen molar-refractivity contribution in [1.29, 1.82) is 0 Å². The molecule has 1 saturated heterocycles. The third-order valence-electron chi connectivity index (χ3n) is 5.44. The minimum absolute atomic E-state index is 0.0709. The highest BCUT2D eigenvalue weighted by Crippen LogP contribution is 2.40. The topological polar surface area (TPSA) is 201 Å². The van der Waals surface area contributed by atoms with Crippen LogP contribution in [-0.2, 0) is 25.0 Å². The van der Waals surface area contributed by atoms with Crippen molar-refractivity contribution in [2.24, 2.45) is 5.11 Å². The Morgan fingerprint density at radius 3 is 2.80 bits per heavy atom. The number of nitrogens with zero attached hydrogens (tertiary/aromatic N) is 4. The molecule has 2 heterocycles. The summed E-state index contributed by atoms with van der Waals surface area (Å²) in [6.45, 7) is 1.05. The van der Waals surface area contributed by atoms with Gasteiger partial charge in [-0.2, -0.15) is 0 Å². The fourth-order valence-corrected chi connectivity index (χ4v) is 4.68. The van der Waals surface area contributed by atoms with E-state index in [9.17, 15) is 23.8 Å². The Bertz CT molecular complexity index is 1260. The number of carbonyl (C=O) groups is 1. The maximum Gasteiger partial charge on any atom is 0.403 e. The summed E-state index contributed by atoms with van der Waals surface area (Å²) in [6.07, 6.45) is -0.346. The predicted molar refractivity (Wildman–Crippen MR) is 124 cm³/mol. The molecule has 5 atom stereocenters. The molecule has 0 spiro atoms. The first-order chi connectivity index (χ1) is 16.6. The molecule has 1 amide bonds. The molecule has 188 valence electrons. The van der Waals surface area contributed by atoms with E-state index in [1.807, 2.05) is 6.07 Å². The zero-order valence-corrected chi connectivity index (χ0v) is 19.9. The van der Waals surface area contributed by atoms with Crippen LogP contribution in [-0.4, -0.2) is 52.2 Å². The summed E-state index contributed by atoms with van der Waals surface area (Å²) < 4.78 is 24.8. The van der Waals surface area contributed by atoms with Gasteiger partial charge in [0, 0.05) is 30.1 Å². The number of H-pyrrole nitrogens is 1. The Hall–Kier alpha value is -3.25. The van der Waals surface area contributed by atoms with Crippen molar-refractivity contribution in [3.8, 4) is 0 Å². The van der Waals surface area contributed by atoms with Gasteiger partial charge in [0.25, 0.3) is 5.56 Å². The van der Waals surface area contributed by atoms with Gasteiger partial charge >= 0.3 is 13.4 Å². The third kappa shape index (κ3) is 6.89. The molecule has 1 aliphatic rings. The molecule has 1 aliphatic heterocycles. The number of azide groups is 1. The van der Waals surface area contributed by atoms with Gasteiger partial charge in [0.2, 0.25) is 5.91 Å². The van der Waals surface area contributed by atoms with Crippen LogP contribution in [0.5, 0.6) is 0 Å². The van der Waals surface area contributed by atoms with Crippen molar-refractivity contribution in [3.05, 3.63) is 78.9 Å². The Morgan fingerprint density at radius 1 is 1.43 bits per heavy atom. The van der Waals surface area contributed by atoms with E-state index in [1.165, 1.54) is 20.2 Å². The first-order valence-electron chi connectivity index (χ1n) is 10.7. The molecule has 1 aromatic carbocycles. The zero-order valence-electron chi connectivity index (χ0n) is 19.0. The van der Waals surface area contributed by atoms with Crippen LogP contribution in [0.15, 0.2) is 51.2 Å². The van der Waals surface area contributed by atoms with Crippen molar-refractivity contribution in [2.45, 2.75) is 44.2 Å².